The highest BCUT2D eigenvalue weighted by Gasteiger charge is 2.28. The molecule has 1 fully saturated rings. The van der Waals surface area contributed by atoms with Crippen molar-refractivity contribution in [2.24, 2.45) is 0 Å². The molecule has 1 saturated heterocycles. The van der Waals surface area contributed by atoms with E-state index in [1.54, 1.807) is 0 Å². The molecule has 0 unspecified atom stereocenters. The number of para-hydroxylation sites is 2. The first-order valence-corrected chi connectivity index (χ1v) is 10.4. The van der Waals surface area contributed by atoms with Crippen molar-refractivity contribution in [1.82, 2.24) is 24.8 Å². The Labute approximate surface area is 167 Å². The van der Waals surface area contributed by atoms with Crippen molar-refractivity contribution >= 4 is 11.0 Å². The molecule has 0 aliphatic carbocycles. The normalized spacial score (nSPS) is 20.1. The lowest BCUT2D eigenvalue weighted by molar-refractivity contribution is 0.307. The predicted octanol–water partition coefficient (Wildman–Crippen LogP) is 4.25. The van der Waals surface area contributed by atoms with Gasteiger partial charge < -0.3 is 9.47 Å². The smallest absolute Gasteiger partial charge is 0.127 e. The van der Waals surface area contributed by atoms with E-state index in [9.17, 15) is 0 Å². The van der Waals surface area contributed by atoms with Gasteiger partial charge in [0.25, 0.3) is 0 Å². The van der Waals surface area contributed by atoms with Gasteiger partial charge in [-0.1, -0.05) is 18.2 Å². The van der Waals surface area contributed by atoms with Gasteiger partial charge in [0.1, 0.15) is 5.82 Å². The maximum absolute atomic E-state index is 5.05. The second-order valence-electron chi connectivity index (χ2n) is 8.18. The fraction of sp³-hybridized carbons (Fsp3) is 0.478. The molecular weight excluding hydrogens is 346 g/mol. The third-order valence-corrected chi connectivity index (χ3v) is 5.75. The summed E-state index contributed by atoms with van der Waals surface area (Å²) in [5.41, 5.74) is 4.79. The van der Waals surface area contributed by atoms with Crippen molar-refractivity contribution in [2.75, 3.05) is 20.6 Å². The van der Waals surface area contributed by atoms with E-state index < -0.39 is 0 Å². The molecule has 1 aliphatic heterocycles. The van der Waals surface area contributed by atoms with Gasteiger partial charge in [-0.05, 0) is 77.0 Å². The zero-order chi connectivity index (χ0) is 19.5. The maximum atomic E-state index is 5.05. The molecule has 1 aliphatic rings. The third kappa shape index (κ3) is 3.96. The van der Waals surface area contributed by atoms with Gasteiger partial charge in [-0.3, -0.25) is 10.3 Å². The number of nitrogens with zero attached hydrogens (tertiary/aromatic N) is 4. The number of imidazole rings is 1. The predicted molar refractivity (Wildman–Crippen MR) is 114 cm³/mol. The van der Waals surface area contributed by atoms with Crippen LogP contribution in [0.5, 0.6) is 0 Å². The van der Waals surface area contributed by atoms with E-state index in [1.807, 2.05) is 12.3 Å². The molecule has 0 spiro atoms. The van der Waals surface area contributed by atoms with E-state index in [0.717, 1.165) is 37.9 Å². The molecule has 2 aromatic heterocycles. The molecule has 2 atom stereocenters. The molecule has 1 aromatic carbocycles. The van der Waals surface area contributed by atoms with Crippen LogP contribution in [0.1, 0.15) is 54.8 Å². The van der Waals surface area contributed by atoms with E-state index >= 15 is 0 Å². The largest absolute Gasteiger partial charge is 0.327 e. The number of fused-ring (bicyclic) bond motifs is 1. The molecule has 3 heterocycles. The monoisotopic (exact) mass is 377 g/mol. The molecule has 0 bridgehead atoms. The number of rotatable bonds is 6. The Hall–Kier alpha value is -2.24. The minimum atomic E-state index is 0.270. The zero-order valence-electron chi connectivity index (χ0n) is 17.2. The summed E-state index contributed by atoms with van der Waals surface area (Å²) in [5, 5.41) is 3.87. The minimum Gasteiger partial charge on any atom is -0.327 e. The summed E-state index contributed by atoms with van der Waals surface area (Å²) in [6.45, 7) is 4.24. The van der Waals surface area contributed by atoms with Crippen LogP contribution in [0.25, 0.3) is 11.0 Å². The fourth-order valence-corrected chi connectivity index (χ4v) is 4.36. The number of pyridine rings is 1. The molecular formula is C23H31N5. The van der Waals surface area contributed by atoms with E-state index in [2.05, 4.69) is 71.1 Å². The summed E-state index contributed by atoms with van der Waals surface area (Å²) in [4.78, 5) is 12.0. The van der Waals surface area contributed by atoms with Crippen LogP contribution in [0, 0.1) is 6.92 Å². The average Bonchev–Trinajstić information content (AvgIpc) is 3.07. The minimum absolute atomic E-state index is 0.270. The number of aryl methyl sites for hydroxylation is 2. The van der Waals surface area contributed by atoms with Crippen LogP contribution in [0.15, 0.2) is 42.6 Å². The summed E-state index contributed by atoms with van der Waals surface area (Å²) < 4.78 is 2.43. The van der Waals surface area contributed by atoms with E-state index in [4.69, 9.17) is 4.98 Å². The first-order chi connectivity index (χ1) is 13.6. The SMILES string of the molecule is Cc1cccnc1[C@@H]1CCC[C@H](c2nc3ccccc3n2CCCN(C)C)N1. The first-order valence-electron chi connectivity index (χ1n) is 10.4. The number of nitrogens with one attached hydrogen (secondary N) is 1. The van der Waals surface area contributed by atoms with Crippen LogP contribution in [-0.4, -0.2) is 40.1 Å². The van der Waals surface area contributed by atoms with Crippen LogP contribution in [0.3, 0.4) is 0 Å². The van der Waals surface area contributed by atoms with Gasteiger partial charge in [0.2, 0.25) is 0 Å². The molecule has 0 radical (unpaired) electrons. The third-order valence-electron chi connectivity index (χ3n) is 5.75. The molecule has 3 aromatic rings. The van der Waals surface area contributed by atoms with Gasteiger partial charge in [0, 0.05) is 12.7 Å². The molecule has 28 heavy (non-hydrogen) atoms. The standard InChI is InChI=1S/C23H31N5/c1-17-9-7-14-24-22(17)19-11-6-12-20(25-19)23-26-18-10-4-5-13-21(18)28(23)16-8-15-27(2)3/h4-5,7,9-10,13-14,19-20,25H,6,8,11-12,15-16H2,1-3H3/t19-,20+/m0/s1. The van der Waals surface area contributed by atoms with E-state index in [0.29, 0.717) is 6.04 Å². The van der Waals surface area contributed by atoms with Crippen molar-refractivity contribution in [3.63, 3.8) is 0 Å². The second-order valence-corrected chi connectivity index (χ2v) is 8.18. The van der Waals surface area contributed by atoms with Gasteiger partial charge >= 0.3 is 0 Å². The molecule has 4 rings (SSSR count). The lowest BCUT2D eigenvalue weighted by atomic mass is 9.94. The van der Waals surface area contributed by atoms with Crippen LogP contribution < -0.4 is 5.32 Å². The molecule has 148 valence electrons. The molecule has 5 nitrogen and oxygen atoms in total. The maximum Gasteiger partial charge on any atom is 0.127 e. The van der Waals surface area contributed by atoms with Gasteiger partial charge in [0.05, 0.1) is 28.8 Å². The van der Waals surface area contributed by atoms with E-state index in [-0.39, 0.29) is 6.04 Å². The molecule has 1 N–H and O–H groups in total. The molecule has 0 saturated carbocycles. The Morgan fingerprint density at radius 3 is 2.75 bits per heavy atom. The molecule has 5 heteroatoms. The lowest BCUT2D eigenvalue weighted by Crippen LogP contribution is -2.33. The van der Waals surface area contributed by atoms with Crippen molar-refractivity contribution in [3.05, 3.63) is 59.7 Å². The van der Waals surface area contributed by atoms with Crippen molar-refractivity contribution < 1.29 is 0 Å². The number of aromatic nitrogens is 3. The number of benzene rings is 1. The topological polar surface area (TPSA) is 46.0 Å². The summed E-state index contributed by atoms with van der Waals surface area (Å²) in [5.74, 6) is 1.18. The fourth-order valence-electron chi connectivity index (χ4n) is 4.36. The quantitative estimate of drug-likeness (QED) is 0.698. The second kappa shape index (κ2) is 8.41. The highest BCUT2D eigenvalue weighted by molar-refractivity contribution is 5.76. The van der Waals surface area contributed by atoms with Gasteiger partial charge in [-0.15, -0.1) is 0 Å². The van der Waals surface area contributed by atoms with Crippen molar-refractivity contribution in [1.29, 1.82) is 0 Å². The van der Waals surface area contributed by atoms with Crippen LogP contribution in [0.2, 0.25) is 0 Å². The van der Waals surface area contributed by atoms with Crippen LogP contribution in [-0.2, 0) is 6.54 Å². The Morgan fingerprint density at radius 2 is 1.93 bits per heavy atom. The number of hydrogen-bond acceptors (Lipinski definition) is 4. The summed E-state index contributed by atoms with van der Waals surface area (Å²) in [6.07, 6.45) is 6.48. The summed E-state index contributed by atoms with van der Waals surface area (Å²) in [7, 11) is 4.27. The Kier molecular flexibility index (Phi) is 5.74. The lowest BCUT2D eigenvalue weighted by Gasteiger charge is -2.31. The summed E-state index contributed by atoms with van der Waals surface area (Å²) in [6, 6.07) is 13.3. The Balaban J connectivity index is 1.63. The Morgan fingerprint density at radius 1 is 1.11 bits per heavy atom. The van der Waals surface area contributed by atoms with Crippen molar-refractivity contribution in [3.8, 4) is 0 Å². The summed E-state index contributed by atoms with van der Waals surface area (Å²) >= 11 is 0. The van der Waals surface area contributed by atoms with Crippen LogP contribution in [0.4, 0.5) is 0 Å². The average molecular weight is 378 g/mol. The van der Waals surface area contributed by atoms with E-state index in [1.165, 1.54) is 29.0 Å². The van der Waals surface area contributed by atoms with Gasteiger partial charge in [-0.25, -0.2) is 4.98 Å². The zero-order valence-corrected chi connectivity index (χ0v) is 17.2. The highest BCUT2D eigenvalue weighted by atomic mass is 15.1. The van der Waals surface area contributed by atoms with Gasteiger partial charge in [0.15, 0.2) is 0 Å². The van der Waals surface area contributed by atoms with Crippen molar-refractivity contribution in [2.45, 2.75) is 51.2 Å². The van der Waals surface area contributed by atoms with Gasteiger partial charge in [-0.2, -0.15) is 0 Å². The number of hydrogen-bond donors (Lipinski definition) is 1. The highest BCUT2D eigenvalue weighted by Crippen LogP contribution is 2.34. The first kappa shape index (κ1) is 19.1. The number of piperidine rings is 1. The Bertz CT molecular complexity index is 930. The van der Waals surface area contributed by atoms with Crippen LogP contribution >= 0.6 is 0 Å². The molecule has 0 amide bonds.